The predicted octanol–water partition coefficient (Wildman–Crippen LogP) is 1.89. The van der Waals surface area contributed by atoms with Gasteiger partial charge in [0.2, 0.25) is 11.8 Å². The molecule has 6 heteroatoms. The number of carbonyl (C=O) groups is 3. The summed E-state index contributed by atoms with van der Waals surface area (Å²) < 4.78 is 0. The van der Waals surface area contributed by atoms with Crippen molar-refractivity contribution >= 4 is 29.2 Å². The van der Waals surface area contributed by atoms with E-state index in [0.717, 1.165) is 18.4 Å². The smallest absolute Gasteiger partial charge is 0.277 e. The molecule has 1 saturated carbocycles. The van der Waals surface area contributed by atoms with E-state index >= 15 is 0 Å². The molecule has 0 radical (unpaired) electrons. The van der Waals surface area contributed by atoms with Gasteiger partial charge in [0.25, 0.3) is 0 Å². The topological polar surface area (TPSA) is 66.5 Å². The standard InChI is InChI=1S/C13H14N2O3S/c16-10-13(4-1-2-5-13)11(17)15(12(18)14-10)7-9-3-6-19-8-9/h3,6,8H,1-2,4-5,7H2,(H,14,16,18). The molecule has 1 N–H and O–H groups in total. The second-order valence-corrected chi connectivity index (χ2v) is 5.85. The van der Waals surface area contributed by atoms with Crippen molar-refractivity contribution in [1.82, 2.24) is 10.2 Å². The molecule has 0 aromatic carbocycles. The zero-order chi connectivity index (χ0) is 13.5. The molecule has 5 nitrogen and oxygen atoms in total. The molecule has 3 rings (SSSR count). The van der Waals surface area contributed by atoms with E-state index in [1.165, 1.54) is 16.2 Å². The van der Waals surface area contributed by atoms with Crippen LogP contribution in [0.5, 0.6) is 0 Å². The van der Waals surface area contributed by atoms with E-state index in [2.05, 4.69) is 5.32 Å². The summed E-state index contributed by atoms with van der Waals surface area (Å²) in [7, 11) is 0. The summed E-state index contributed by atoms with van der Waals surface area (Å²) in [6, 6.07) is 1.28. The summed E-state index contributed by atoms with van der Waals surface area (Å²) in [6.45, 7) is 0.239. The van der Waals surface area contributed by atoms with Crippen LogP contribution in [0, 0.1) is 5.41 Å². The van der Waals surface area contributed by atoms with Gasteiger partial charge in [0.15, 0.2) is 0 Å². The number of urea groups is 1. The van der Waals surface area contributed by atoms with E-state index in [9.17, 15) is 14.4 Å². The van der Waals surface area contributed by atoms with Crippen LogP contribution in [0.25, 0.3) is 0 Å². The van der Waals surface area contributed by atoms with E-state index in [1.807, 2.05) is 16.8 Å². The number of carbonyl (C=O) groups excluding carboxylic acids is 3. The molecule has 1 aliphatic carbocycles. The van der Waals surface area contributed by atoms with Gasteiger partial charge in [-0.25, -0.2) is 4.79 Å². The first-order valence-corrected chi connectivity index (χ1v) is 7.26. The third-order valence-electron chi connectivity index (χ3n) is 3.93. The lowest BCUT2D eigenvalue weighted by Crippen LogP contribution is -2.62. The van der Waals surface area contributed by atoms with Crippen LogP contribution in [-0.4, -0.2) is 22.7 Å². The summed E-state index contributed by atoms with van der Waals surface area (Å²) in [5.41, 5.74) is -0.0831. The number of barbiturate groups is 1. The van der Waals surface area contributed by atoms with Crippen molar-refractivity contribution in [3.8, 4) is 0 Å². The molecule has 0 bridgehead atoms. The van der Waals surface area contributed by atoms with Gasteiger partial charge in [-0.15, -0.1) is 0 Å². The van der Waals surface area contributed by atoms with Gasteiger partial charge in [0, 0.05) is 0 Å². The summed E-state index contributed by atoms with van der Waals surface area (Å²) in [6.07, 6.45) is 2.81. The highest BCUT2D eigenvalue weighted by Crippen LogP contribution is 2.42. The average molecular weight is 278 g/mol. The van der Waals surface area contributed by atoms with Gasteiger partial charge < -0.3 is 0 Å². The minimum atomic E-state index is -0.996. The third kappa shape index (κ3) is 1.87. The summed E-state index contributed by atoms with van der Waals surface area (Å²) >= 11 is 1.52. The fourth-order valence-electron chi connectivity index (χ4n) is 2.86. The first kappa shape index (κ1) is 12.3. The van der Waals surface area contributed by atoms with Crippen molar-refractivity contribution in [2.75, 3.05) is 0 Å². The molecule has 4 amide bonds. The van der Waals surface area contributed by atoms with Crippen LogP contribution in [-0.2, 0) is 16.1 Å². The highest BCUT2D eigenvalue weighted by Gasteiger charge is 2.54. The second kappa shape index (κ2) is 4.45. The van der Waals surface area contributed by atoms with Gasteiger partial charge in [0.1, 0.15) is 5.41 Å². The normalized spacial score (nSPS) is 22.1. The summed E-state index contributed by atoms with van der Waals surface area (Å²) in [5, 5.41) is 6.14. The molecular weight excluding hydrogens is 264 g/mol. The molecule has 19 heavy (non-hydrogen) atoms. The number of hydrogen-bond acceptors (Lipinski definition) is 4. The number of nitrogens with zero attached hydrogens (tertiary/aromatic N) is 1. The maximum Gasteiger partial charge on any atom is 0.331 e. The highest BCUT2D eigenvalue weighted by molar-refractivity contribution is 7.07. The first-order valence-electron chi connectivity index (χ1n) is 6.32. The Morgan fingerprint density at radius 3 is 2.63 bits per heavy atom. The highest BCUT2D eigenvalue weighted by atomic mass is 32.1. The average Bonchev–Trinajstić information content (AvgIpc) is 3.05. The van der Waals surface area contributed by atoms with E-state index in [-0.39, 0.29) is 12.5 Å². The monoisotopic (exact) mass is 278 g/mol. The largest absolute Gasteiger partial charge is 0.331 e. The molecular formula is C13H14N2O3S. The molecule has 1 spiro atoms. The van der Waals surface area contributed by atoms with Gasteiger partial charge in [-0.1, -0.05) is 12.8 Å². The molecule has 2 aliphatic rings. The number of amides is 4. The molecule has 2 fully saturated rings. The third-order valence-corrected chi connectivity index (χ3v) is 4.66. The maximum atomic E-state index is 12.5. The van der Waals surface area contributed by atoms with Crippen molar-refractivity contribution in [3.05, 3.63) is 22.4 Å². The molecule has 1 aromatic rings. The van der Waals surface area contributed by atoms with Crippen LogP contribution < -0.4 is 5.32 Å². The lowest BCUT2D eigenvalue weighted by atomic mass is 9.82. The van der Waals surface area contributed by atoms with E-state index in [4.69, 9.17) is 0 Å². The fraction of sp³-hybridized carbons (Fsp3) is 0.462. The molecule has 1 aliphatic heterocycles. The van der Waals surface area contributed by atoms with Gasteiger partial charge in [0.05, 0.1) is 6.54 Å². The summed E-state index contributed by atoms with van der Waals surface area (Å²) in [5.74, 6) is -0.744. The molecule has 1 aromatic heterocycles. The van der Waals surface area contributed by atoms with E-state index < -0.39 is 17.4 Å². The van der Waals surface area contributed by atoms with Crippen molar-refractivity contribution < 1.29 is 14.4 Å². The summed E-state index contributed by atoms with van der Waals surface area (Å²) in [4.78, 5) is 37.6. The van der Waals surface area contributed by atoms with Gasteiger partial charge in [-0.05, 0) is 35.2 Å². The lowest BCUT2D eigenvalue weighted by molar-refractivity contribution is -0.151. The number of thiophene rings is 1. The van der Waals surface area contributed by atoms with E-state index in [1.54, 1.807) is 0 Å². The van der Waals surface area contributed by atoms with Crippen molar-refractivity contribution in [1.29, 1.82) is 0 Å². The number of nitrogens with one attached hydrogen (secondary N) is 1. The molecule has 0 unspecified atom stereocenters. The number of hydrogen-bond donors (Lipinski definition) is 1. The molecule has 0 atom stereocenters. The first-order chi connectivity index (χ1) is 9.13. The minimum Gasteiger partial charge on any atom is -0.277 e. The van der Waals surface area contributed by atoms with Crippen LogP contribution in [0.4, 0.5) is 4.79 Å². The Morgan fingerprint density at radius 1 is 1.26 bits per heavy atom. The zero-order valence-electron chi connectivity index (χ0n) is 10.3. The van der Waals surface area contributed by atoms with Crippen LogP contribution in [0.2, 0.25) is 0 Å². The quantitative estimate of drug-likeness (QED) is 0.840. The Bertz CT molecular complexity index is 532. The Labute approximate surface area is 114 Å². The predicted molar refractivity (Wildman–Crippen MR) is 69.3 cm³/mol. The van der Waals surface area contributed by atoms with E-state index in [0.29, 0.717) is 12.8 Å². The Morgan fingerprint density at radius 2 is 2.00 bits per heavy atom. The second-order valence-electron chi connectivity index (χ2n) is 5.07. The lowest BCUT2D eigenvalue weighted by Gasteiger charge is -2.36. The van der Waals surface area contributed by atoms with Crippen LogP contribution in [0.3, 0.4) is 0 Å². The zero-order valence-corrected chi connectivity index (χ0v) is 11.2. The van der Waals surface area contributed by atoms with Crippen LogP contribution in [0.15, 0.2) is 16.8 Å². The Kier molecular flexibility index (Phi) is 2.89. The number of imide groups is 2. The molecule has 2 heterocycles. The minimum absolute atomic E-state index is 0.239. The number of rotatable bonds is 2. The van der Waals surface area contributed by atoms with Crippen molar-refractivity contribution in [3.63, 3.8) is 0 Å². The van der Waals surface area contributed by atoms with Gasteiger partial charge >= 0.3 is 6.03 Å². The fourth-order valence-corrected chi connectivity index (χ4v) is 3.52. The molecule has 100 valence electrons. The van der Waals surface area contributed by atoms with Crippen LogP contribution in [0.1, 0.15) is 31.2 Å². The van der Waals surface area contributed by atoms with Gasteiger partial charge in [-0.2, -0.15) is 11.3 Å². The molecule has 1 saturated heterocycles. The Balaban J connectivity index is 1.89. The van der Waals surface area contributed by atoms with Crippen molar-refractivity contribution in [2.24, 2.45) is 5.41 Å². The SMILES string of the molecule is O=C1NC(=O)C2(CCCC2)C(=O)N1Cc1ccsc1. The van der Waals surface area contributed by atoms with Gasteiger partial charge in [-0.3, -0.25) is 19.8 Å². The van der Waals surface area contributed by atoms with Crippen LogP contribution >= 0.6 is 11.3 Å². The van der Waals surface area contributed by atoms with Crippen molar-refractivity contribution in [2.45, 2.75) is 32.2 Å². The Hall–Kier alpha value is -1.69. The maximum absolute atomic E-state index is 12.5.